The van der Waals surface area contributed by atoms with Gasteiger partial charge in [-0.05, 0) is 18.9 Å². The SMILES string of the molecule is CN(C)C(=O)C1(n2cccn2)CCN(C(=O)CCS(C)(=O)=O)CC1. The summed E-state index contributed by atoms with van der Waals surface area (Å²) in [4.78, 5) is 28.1. The smallest absolute Gasteiger partial charge is 0.250 e. The number of hydrogen-bond donors (Lipinski definition) is 0. The molecule has 1 aromatic rings. The molecule has 0 aliphatic carbocycles. The van der Waals surface area contributed by atoms with Gasteiger partial charge >= 0.3 is 0 Å². The zero-order chi connectivity index (χ0) is 18.0. The number of hydrogen-bond acceptors (Lipinski definition) is 5. The Morgan fingerprint density at radius 2 is 1.88 bits per heavy atom. The first-order chi connectivity index (χ1) is 11.2. The summed E-state index contributed by atoms with van der Waals surface area (Å²) < 4.78 is 24.1. The summed E-state index contributed by atoms with van der Waals surface area (Å²) in [5, 5.41) is 4.24. The van der Waals surface area contributed by atoms with Crippen molar-refractivity contribution in [2.24, 2.45) is 0 Å². The molecule has 1 aliphatic heterocycles. The molecule has 0 atom stereocenters. The minimum atomic E-state index is -3.16. The lowest BCUT2D eigenvalue weighted by Crippen LogP contribution is -2.55. The molecule has 0 radical (unpaired) electrons. The Morgan fingerprint density at radius 1 is 1.25 bits per heavy atom. The molecule has 0 spiro atoms. The highest BCUT2D eigenvalue weighted by Gasteiger charge is 2.45. The van der Waals surface area contributed by atoms with Crippen molar-refractivity contribution in [1.29, 1.82) is 0 Å². The number of nitrogens with zero attached hydrogens (tertiary/aromatic N) is 4. The van der Waals surface area contributed by atoms with Crippen LogP contribution in [0.5, 0.6) is 0 Å². The minimum Gasteiger partial charge on any atom is -0.347 e. The molecule has 0 saturated carbocycles. The highest BCUT2D eigenvalue weighted by molar-refractivity contribution is 7.90. The molecule has 2 amide bonds. The van der Waals surface area contributed by atoms with Gasteiger partial charge in [-0.15, -0.1) is 0 Å². The Hall–Kier alpha value is -1.90. The van der Waals surface area contributed by atoms with Gasteiger partial charge in [0.2, 0.25) is 11.8 Å². The van der Waals surface area contributed by atoms with Gasteiger partial charge in [-0.3, -0.25) is 14.3 Å². The molecular weight excluding hydrogens is 332 g/mol. The molecule has 1 fully saturated rings. The molecule has 1 aromatic heterocycles. The first kappa shape index (κ1) is 18.4. The third kappa shape index (κ3) is 3.95. The molecule has 0 aromatic carbocycles. The van der Waals surface area contributed by atoms with Gasteiger partial charge in [0.15, 0.2) is 0 Å². The second-order valence-corrected chi connectivity index (χ2v) is 8.70. The number of likely N-dealkylation sites (tertiary alicyclic amines) is 1. The fourth-order valence-corrected chi connectivity index (χ4v) is 3.58. The largest absolute Gasteiger partial charge is 0.347 e. The number of aromatic nitrogens is 2. The summed E-state index contributed by atoms with van der Waals surface area (Å²) in [6.07, 6.45) is 5.41. The number of likely N-dealkylation sites (N-methyl/N-ethyl adjacent to an activating group) is 1. The summed E-state index contributed by atoms with van der Waals surface area (Å²) in [6, 6.07) is 1.77. The first-order valence-electron chi connectivity index (χ1n) is 7.83. The van der Waals surface area contributed by atoms with Crippen molar-refractivity contribution in [3.63, 3.8) is 0 Å². The van der Waals surface area contributed by atoms with Crippen molar-refractivity contribution < 1.29 is 18.0 Å². The Morgan fingerprint density at radius 3 is 2.33 bits per heavy atom. The maximum atomic E-state index is 12.7. The van der Waals surface area contributed by atoms with Gasteiger partial charge in [-0.25, -0.2) is 8.42 Å². The molecule has 2 rings (SSSR count). The van der Waals surface area contributed by atoms with Crippen molar-refractivity contribution in [3.05, 3.63) is 18.5 Å². The second kappa shape index (κ2) is 6.92. The third-order valence-electron chi connectivity index (χ3n) is 4.38. The normalized spacial score (nSPS) is 17.5. The average Bonchev–Trinajstić information content (AvgIpc) is 3.06. The van der Waals surface area contributed by atoms with E-state index >= 15 is 0 Å². The van der Waals surface area contributed by atoms with E-state index in [1.165, 1.54) is 0 Å². The van der Waals surface area contributed by atoms with Gasteiger partial charge in [-0.1, -0.05) is 0 Å². The van der Waals surface area contributed by atoms with Crippen LogP contribution < -0.4 is 0 Å². The van der Waals surface area contributed by atoms with Crippen LogP contribution in [0.4, 0.5) is 0 Å². The zero-order valence-electron chi connectivity index (χ0n) is 14.3. The van der Waals surface area contributed by atoms with E-state index in [2.05, 4.69) is 5.10 Å². The van der Waals surface area contributed by atoms with Crippen LogP contribution in [0.2, 0.25) is 0 Å². The van der Waals surface area contributed by atoms with Crippen LogP contribution >= 0.6 is 0 Å². The number of sulfone groups is 1. The van der Waals surface area contributed by atoms with E-state index < -0.39 is 15.4 Å². The number of carbonyl (C=O) groups excluding carboxylic acids is 2. The van der Waals surface area contributed by atoms with Gasteiger partial charge in [-0.2, -0.15) is 5.10 Å². The molecule has 0 bridgehead atoms. The zero-order valence-corrected chi connectivity index (χ0v) is 15.1. The highest BCUT2D eigenvalue weighted by atomic mass is 32.2. The van der Waals surface area contributed by atoms with Gasteiger partial charge < -0.3 is 9.80 Å². The van der Waals surface area contributed by atoms with Crippen LogP contribution in [-0.2, 0) is 25.0 Å². The van der Waals surface area contributed by atoms with E-state index in [0.717, 1.165) is 6.26 Å². The van der Waals surface area contributed by atoms with Crippen LogP contribution in [0.15, 0.2) is 18.5 Å². The van der Waals surface area contributed by atoms with Gasteiger partial charge in [0.05, 0.1) is 5.75 Å². The Labute approximate surface area is 142 Å². The minimum absolute atomic E-state index is 0.0186. The molecule has 8 nitrogen and oxygen atoms in total. The van der Waals surface area contributed by atoms with Crippen LogP contribution in [-0.4, -0.2) is 79.0 Å². The van der Waals surface area contributed by atoms with E-state index in [0.29, 0.717) is 25.9 Å². The van der Waals surface area contributed by atoms with Crippen LogP contribution in [0.3, 0.4) is 0 Å². The van der Waals surface area contributed by atoms with E-state index in [4.69, 9.17) is 0 Å². The van der Waals surface area contributed by atoms with Crippen molar-refractivity contribution in [2.45, 2.75) is 24.8 Å². The maximum Gasteiger partial charge on any atom is 0.250 e. The summed E-state index contributed by atoms with van der Waals surface area (Å²) in [5.41, 5.74) is -0.791. The molecule has 1 saturated heterocycles. The molecule has 9 heteroatoms. The predicted molar refractivity (Wildman–Crippen MR) is 89.0 cm³/mol. The molecular formula is C15H24N4O4S. The topological polar surface area (TPSA) is 92.6 Å². The standard InChI is InChI=1S/C15H24N4O4S/c1-17(2)14(21)15(19-9-4-8-16-19)6-10-18(11-7-15)13(20)5-12-24(3,22)23/h4,8-9H,5-7,10-12H2,1-3H3. The third-order valence-corrected chi connectivity index (χ3v) is 5.32. The fourth-order valence-electron chi connectivity index (χ4n) is 3.04. The van der Waals surface area contributed by atoms with Gasteiger partial charge in [0, 0.05) is 52.3 Å². The number of carbonyl (C=O) groups is 2. The van der Waals surface area contributed by atoms with Crippen molar-refractivity contribution in [3.8, 4) is 0 Å². The van der Waals surface area contributed by atoms with Crippen LogP contribution in [0.25, 0.3) is 0 Å². The Balaban J connectivity index is 2.10. The quantitative estimate of drug-likeness (QED) is 0.724. The van der Waals surface area contributed by atoms with Gasteiger partial charge in [0.25, 0.3) is 0 Å². The summed E-state index contributed by atoms with van der Waals surface area (Å²) in [6.45, 7) is 0.810. The summed E-state index contributed by atoms with van der Waals surface area (Å²) in [5.74, 6) is -0.385. The maximum absolute atomic E-state index is 12.7. The summed E-state index contributed by atoms with van der Waals surface area (Å²) in [7, 11) is 0.248. The first-order valence-corrected chi connectivity index (χ1v) is 9.89. The number of amides is 2. The van der Waals surface area contributed by atoms with E-state index in [1.54, 1.807) is 47.0 Å². The van der Waals surface area contributed by atoms with E-state index in [-0.39, 0.29) is 24.0 Å². The monoisotopic (exact) mass is 356 g/mol. The second-order valence-electron chi connectivity index (χ2n) is 6.44. The molecule has 0 N–H and O–H groups in total. The average molecular weight is 356 g/mol. The van der Waals surface area contributed by atoms with Crippen molar-refractivity contribution in [1.82, 2.24) is 19.6 Å². The lowest BCUT2D eigenvalue weighted by Gasteiger charge is -2.42. The van der Waals surface area contributed by atoms with E-state index in [9.17, 15) is 18.0 Å². The van der Waals surface area contributed by atoms with Crippen LogP contribution in [0.1, 0.15) is 19.3 Å². The number of piperidine rings is 1. The summed E-state index contributed by atoms with van der Waals surface area (Å²) >= 11 is 0. The van der Waals surface area contributed by atoms with Crippen molar-refractivity contribution >= 4 is 21.7 Å². The lowest BCUT2D eigenvalue weighted by molar-refractivity contribution is -0.145. The Kier molecular flexibility index (Phi) is 5.32. The molecule has 24 heavy (non-hydrogen) atoms. The van der Waals surface area contributed by atoms with Gasteiger partial charge in [0.1, 0.15) is 15.4 Å². The number of rotatable bonds is 5. The van der Waals surface area contributed by atoms with E-state index in [1.807, 2.05) is 0 Å². The lowest BCUT2D eigenvalue weighted by atomic mass is 9.86. The fraction of sp³-hybridized carbons (Fsp3) is 0.667. The molecule has 134 valence electrons. The van der Waals surface area contributed by atoms with Crippen molar-refractivity contribution in [2.75, 3.05) is 39.2 Å². The predicted octanol–water partition coefficient (Wildman–Crippen LogP) is -0.276. The molecule has 0 unspecified atom stereocenters. The molecule has 1 aliphatic rings. The van der Waals surface area contributed by atoms with Crippen LogP contribution in [0, 0.1) is 0 Å². The highest BCUT2D eigenvalue weighted by Crippen LogP contribution is 2.31. The Bertz CT molecular complexity index is 689. The molecule has 2 heterocycles.